The van der Waals surface area contributed by atoms with Crippen molar-refractivity contribution in [1.82, 2.24) is 10.2 Å². The number of carbonyl (C=O) groups excluding carboxylic acids is 2. The second-order valence-corrected chi connectivity index (χ2v) is 7.61. The highest BCUT2D eigenvalue weighted by atomic mass is 35.5. The van der Waals surface area contributed by atoms with Gasteiger partial charge in [0.25, 0.3) is 0 Å². The van der Waals surface area contributed by atoms with Crippen LogP contribution in [0.3, 0.4) is 0 Å². The van der Waals surface area contributed by atoms with Crippen LogP contribution in [0.4, 0.5) is 5.69 Å². The van der Waals surface area contributed by atoms with E-state index in [0.717, 1.165) is 18.5 Å². The SMILES string of the molecule is CCN(CC(=O)O)C1CC(NC(=O)C2CC(=O)N(c3ccc(Cl)cc3)C2)C1. The number of hydrogen-bond donors (Lipinski definition) is 2. The van der Waals surface area contributed by atoms with Crippen molar-refractivity contribution in [2.45, 2.75) is 38.3 Å². The van der Waals surface area contributed by atoms with Gasteiger partial charge < -0.3 is 15.3 Å². The molecule has 0 spiro atoms. The molecule has 1 aliphatic carbocycles. The zero-order valence-corrected chi connectivity index (χ0v) is 16.0. The van der Waals surface area contributed by atoms with Gasteiger partial charge in [0.2, 0.25) is 11.8 Å². The molecule has 2 amide bonds. The first-order chi connectivity index (χ1) is 12.9. The predicted octanol–water partition coefficient (Wildman–Crippen LogP) is 1.75. The number of amides is 2. The summed E-state index contributed by atoms with van der Waals surface area (Å²) in [7, 11) is 0. The summed E-state index contributed by atoms with van der Waals surface area (Å²) in [6.07, 6.45) is 1.69. The Labute approximate surface area is 163 Å². The molecule has 1 unspecified atom stereocenters. The normalized spacial score (nSPS) is 24.8. The van der Waals surface area contributed by atoms with Crippen molar-refractivity contribution < 1.29 is 19.5 Å². The minimum atomic E-state index is -0.837. The van der Waals surface area contributed by atoms with E-state index in [1.807, 2.05) is 11.8 Å². The van der Waals surface area contributed by atoms with E-state index in [9.17, 15) is 14.4 Å². The number of aliphatic carboxylic acids is 1. The van der Waals surface area contributed by atoms with Gasteiger partial charge in [-0.1, -0.05) is 18.5 Å². The first kappa shape index (κ1) is 19.6. The van der Waals surface area contributed by atoms with Crippen LogP contribution in [0.15, 0.2) is 24.3 Å². The first-order valence-corrected chi connectivity index (χ1v) is 9.57. The summed E-state index contributed by atoms with van der Waals surface area (Å²) in [5.74, 6) is -1.38. The van der Waals surface area contributed by atoms with Gasteiger partial charge in [0.1, 0.15) is 0 Å². The van der Waals surface area contributed by atoms with E-state index in [4.69, 9.17) is 16.7 Å². The van der Waals surface area contributed by atoms with Crippen molar-refractivity contribution in [2.24, 2.45) is 5.92 Å². The number of rotatable bonds is 7. The molecule has 1 aromatic carbocycles. The standard InChI is InChI=1S/C19H24ClN3O4/c1-2-22(11-18(25)26)16-8-14(9-16)21-19(27)12-7-17(24)23(10-12)15-5-3-13(20)4-6-15/h3-6,12,14,16H,2,7-11H2,1H3,(H,21,27)(H,25,26). The zero-order chi connectivity index (χ0) is 19.6. The Bertz CT molecular complexity index is 718. The van der Waals surface area contributed by atoms with E-state index in [1.165, 1.54) is 0 Å². The average molecular weight is 394 g/mol. The topological polar surface area (TPSA) is 90.0 Å². The average Bonchev–Trinajstić information content (AvgIpc) is 2.98. The molecule has 2 N–H and O–H groups in total. The van der Waals surface area contributed by atoms with Gasteiger partial charge in [0.15, 0.2) is 0 Å². The van der Waals surface area contributed by atoms with Gasteiger partial charge in [-0.05, 0) is 43.7 Å². The van der Waals surface area contributed by atoms with Crippen LogP contribution in [0.25, 0.3) is 0 Å². The number of benzene rings is 1. The Morgan fingerprint density at radius 2 is 1.96 bits per heavy atom. The van der Waals surface area contributed by atoms with E-state index in [-0.39, 0.29) is 42.8 Å². The van der Waals surface area contributed by atoms with Gasteiger partial charge in [-0.2, -0.15) is 0 Å². The van der Waals surface area contributed by atoms with Crippen LogP contribution in [-0.2, 0) is 14.4 Å². The molecular weight excluding hydrogens is 370 g/mol. The second kappa shape index (κ2) is 8.27. The maximum absolute atomic E-state index is 12.5. The number of anilines is 1. The van der Waals surface area contributed by atoms with Crippen LogP contribution in [-0.4, -0.2) is 59.5 Å². The van der Waals surface area contributed by atoms with Crippen LogP contribution < -0.4 is 10.2 Å². The summed E-state index contributed by atoms with van der Waals surface area (Å²) in [4.78, 5) is 39.2. The third-order valence-electron chi connectivity index (χ3n) is 5.35. The van der Waals surface area contributed by atoms with Crippen LogP contribution in [0, 0.1) is 5.92 Å². The molecule has 146 valence electrons. The monoisotopic (exact) mass is 393 g/mol. The largest absolute Gasteiger partial charge is 0.480 e. The van der Waals surface area contributed by atoms with Crippen molar-refractivity contribution in [1.29, 1.82) is 0 Å². The molecule has 3 rings (SSSR count). The lowest BCUT2D eigenvalue weighted by Crippen LogP contribution is -2.55. The molecule has 1 atom stereocenters. The number of likely N-dealkylation sites (N-methyl/N-ethyl adjacent to an activating group) is 1. The van der Waals surface area contributed by atoms with E-state index in [0.29, 0.717) is 18.1 Å². The molecule has 0 bridgehead atoms. The molecule has 1 aliphatic heterocycles. The molecule has 27 heavy (non-hydrogen) atoms. The summed E-state index contributed by atoms with van der Waals surface area (Å²) >= 11 is 5.88. The molecule has 0 radical (unpaired) electrons. The number of carboxylic acid groups (broad SMARTS) is 1. The Balaban J connectivity index is 1.49. The number of carbonyl (C=O) groups is 3. The molecule has 7 nitrogen and oxygen atoms in total. The van der Waals surface area contributed by atoms with Crippen molar-refractivity contribution >= 4 is 35.1 Å². The number of carboxylic acids is 1. The Morgan fingerprint density at radius 3 is 2.56 bits per heavy atom. The molecular formula is C19H24ClN3O4. The fraction of sp³-hybridized carbons (Fsp3) is 0.526. The zero-order valence-electron chi connectivity index (χ0n) is 15.2. The van der Waals surface area contributed by atoms with E-state index < -0.39 is 5.97 Å². The van der Waals surface area contributed by atoms with Gasteiger partial charge in [-0.25, -0.2) is 0 Å². The Morgan fingerprint density at radius 1 is 1.30 bits per heavy atom. The number of nitrogens with one attached hydrogen (secondary N) is 1. The van der Waals surface area contributed by atoms with Gasteiger partial charge in [-0.3, -0.25) is 19.3 Å². The van der Waals surface area contributed by atoms with Gasteiger partial charge in [0, 0.05) is 35.8 Å². The fourth-order valence-corrected chi connectivity index (χ4v) is 3.88. The molecule has 2 aliphatic rings. The highest BCUT2D eigenvalue weighted by molar-refractivity contribution is 6.30. The molecule has 1 saturated carbocycles. The summed E-state index contributed by atoms with van der Waals surface area (Å²) in [5.41, 5.74) is 0.746. The number of halogens is 1. The third kappa shape index (κ3) is 4.59. The highest BCUT2D eigenvalue weighted by Crippen LogP contribution is 2.29. The maximum Gasteiger partial charge on any atom is 0.317 e. The van der Waals surface area contributed by atoms with E-state index in [2.05, 4.69) is 5.32 Å². The second-order valence-electron chi connectivity index (χ2n) is 7.17. The smallest absolute Gasteiger partial charge is 0.317 e. The van der Waals surface area contributed by atoms with Crippen molar-refractivity contribution in [3.05, 3.63) is 29.3 Å². The predicted molar refractivity (Wildman–Crippen MR) is 102 cm³/mol. The molecule has 0 aromatic heterocycles. The van der Waals surface area contributed by atoms with Crippen LogP contribution in [0.2, 0.25) is 5.02 Å². The Hall–Kier alpha value is -2.12. The number of nitrogens with zero attached hydrogens (tertiary/aromatic N) is 2. The molecule has 1 saturated heterocycles. The highest BCUT2D eigenvalue weighted by Gasteiger charge is 2.39. The van der Waals surface area contributed by atoms with Crippen LogP contribution >= 0.6 is 11.6 Å². The minimum absolute atomic E-state index is 0.0228. The maximum atomic E-state index is 12.5. The lowest BCUT2D eigenvalue weighted by atomic mass is 9.85. The molecule has 8 heteroatoms. The summed E-state index contributed by atoms with van der Waals surface area (Å²) in [6, 6.07) is 7.24. The fourth-order valence-electron chi connectivity index (χ4n) is 3.75. The van der Waals surface area contributed by atoms with Gasteiger partial charge in [0.05, 0.1) is 12.5 Å². The lowest BCUT2D eigenvalue weighted by molar-refractivity contribution is -0.140. The van der Waals surface area contributed by atoms with Crippen molar-refractivity contribution in [3.63, 3.8) is 0 Å². The van der Waals surface area contributed by atoms with Crippen LogP contribution in [0.1, 0.15) is 26.2 Å². The quantitative estimate of drug-likeness (QED) is 0.736. The number of hydrogen-bond acceptors (Lipinski definition) is 4. The summed E-state index contributed by atoms with van der Waals surface area (Å²) in [6.45, 7) is 2.99. The van der Waals surface area contributed by atoms with Crippen LogP contribution in [0.5, 0.6) is 0 Å². The third-order valence-corrected chi connectivity index (χ3v) is 5.61. The van der Waals surface area contributed by atoms with E-state index >= 15 is 0 Å². The summed E-state index contributed by atoms with van der Waals surface area (Å²) in [5, 5.41) is 12.6. The van der Waals surface area contributed by atoms with Gasteiger partial charge in [-0.15, -0.1) is 0 Å². The Kier molecular flexibility index (Phi) is 6.01. The molecule has 1 aromatic rings. The molecule has 1 heterocycles. The first-order valence-electron chi connectivity index (χ1n) is 9.19. The van der Waals surface area contributed by atoms with Crippen molar-refractivity contribution in [3.8, 4) is 0 Å². The minimum Gasteiger partial charge on any atom is -0.480 e. The lowest BCUT2D eigenvalue weighted by Gasteiger charge is -2.42. The molecule has 2 fully saturated rings. The van der Waals surface area contributed by atoms with Crippen molar-refractivity contribution in [2.75, 3.05) is 24.5 Å². The van der Waals surface area contributed by atoms with Gasteiger partial charge >= 0.3 is 5.97 Å². The van der Waals surface area contributed by atoms with E-state index in [1.54, 1.807) is 29.2 Å². The summed E-state index contributed by atoms with van der Waals surface area (Å²) < 4.78 is 0.